The summed E-state index contributed by atoms with van der Waals surface area (Å²) in [6, 6.07) is 5.88. The maximum absolute atomic E-state index is 12.0. The topological polar surface area (TPSA) is 66.8 Å². The van der Waals surface area contributed by atoms with Crippen LogP contribution < -0.4 is 0 Å². The molecule has 5 heteroatoms. The second-order valence-corrected chi connectivity index (χ2v) is 3.44. The summed E-state index contributed by atoms with van der Waals surface area (Å²) in [7, 11) is 1.28. The normalized spacial score (nSPS) is 9.76. The summed E-state index contributed by atoms with van der Waals surface area (Å²) in [6.07, 6.45) is 0. The van der Waals surface area contributed by atoms with Crippen LogP contribution in [0, 0.1) is 0 Å². The molecule has 1 rings (SSSR count). The van der Waals surface area contributed by atoms with Crippen molar-refractivity contribution in [2.24, 2.45) is 0 Å². The molecule has 0 saturated heterocycles. The number of rotatable bonds is 4. The zero-order valence-electron chi connectivity index (χ0n) is 9.84. The lowest BCUT2D eigenvalue weighted by molar-refractivity contribution is -0.141. The second-order valence-electron chi connectivity index (χ2n) is 3.44. The van der Waals surface area contributed by atoms with E-state index in [1.807, 2.05) is 0 Å². The van der Waals surface area contributed by atoms with Crippen molar-refractivity contribution in [3.8, 4) is 5.75 Å². The molecule has 0 aliphatic rings. The minimum absolute atomic E-state index is 0.0767. The molecule has 5 nitrogen and oxygen atoms in total. The Balaban J connectivity index is 2.78. The van der Waals surface area contributed by atoms with Crippen LogP contribution in [-0.2, 0) is 9.53 Å². The smallest absolute Gasteiger partial charge is 0.325 e. The molecule has 0 spiro atoms. The first kappa shape index (κ1) is 13.0. The van der Waals surface area contributed by atoms with E-state index in [9.17, 15) is 9.59 Å². The van der Waals surface area contributed by atoms with Crippen molar-refractivity contribution in [1.29, 1.82) is 0 Å². The highest BCUT2D eigenvalue weighted by Gasteiger charge is 2.17. The number of likely N-dealkylation sites (N-methyl/N-ethyl adjacent to an activating group) is 1. The van der Waals surface area contributed by atoms with Gasteiger partial charge in [-0.25, -0.2) is 0 Å². The number of benzene rings is 1. The summed E-state index contributed by atoms with van der Waals surface area (Å²) in [5, 5.41) is 9.12. The van der Waals surface area contributed by atoms with Gasteiger partial charge in [-0.3, -0.25) is 9.59 Å². The first-order valence-corrected chi connectivity index (χ1v) is 5.23. The lowest BCUT2D eigenvalue weighted by atomic mass is 10.2. The maximum atomic E-state index is 12.0. The fourth-order valence-corrected chi connectivity index (χ4v) is 1.33. The second kappa shape index (κ2) is 5.89. The Labute approximate surface area is 99.6 Å². The van der Waals surface area contributed by atoms with Crippen LogP contribution in [0.2, 0.25) is 0 Å². The third-order valence-corrected chi connectivity index (χ3v) is 2.33. The predicted octanol–water partition coefficient (Wildman–Crippen LogP) is 1.03. The molecule has 0 unspecified atom stereocenters. The fourth-order valence-electron chi connectivity index (χ4n) is 1.33. The van der Waals surface area contributed by atoms with Crippen LogP contribution in [0.1, 0.15) is 17.3 Å². The summed E-state index contributed by atoms with van der Waals surface area (Å²) in [6.45, 7) is 2.11. The number of carbonyl (C=O) groups is 2. The lowest BCUT2D eigenvalue weighted by Crippen LogP contribution is -2.35. The number of phenolic OH excluding ortho intramolecular Hbond substituents is 1. The number of ether oxygens (including phenoxy) is 1. The van der Waals surface area contributed by atoms with Crippen LogP contribution in [0.5, 0.6) is 5.75 Å². The van der Waals surface area contributed by atoms with Crippen LogP contribution in [0.3, 0.4) is 0 Å². The molecule has 0 fully saturated rings. The SMILES string of the molecule is CCN(CC(=O)OC)C(=O)c1ccc(O)cc1. The number of nitrogens with zero attached hydrogens (tertiary/aromatic N) is 1. The van der Waals surface area contributed by atoms with Gasteiger partial charge in [0.2, 0.25) is 0 Å². The predicted molar refractivity (Wildman–Crippen MR) is 61.7 cm³/mol. The van der Waals surface area contributed by atoms with Crippen molar-refractivity contribution in [3.05, 3.63) is 29.8 Å². The minimum atomic E-state index is -0.459. The fraction of sp³-hybridized carbons (Fsp3) is 0.333. The van der Waals surface area contributed by atoms with Gasteiger partial charge in [0, 0.05) is 12.1 Å². The number of methoxy groups -OCH3 is 1. The van der Waals surface area contributed by atoms with E-state index in [-0.39, 0.29) is 18.2 Å². The first-order chi connectivity index (χ1) is 8.08. The molecule has 0 aliphatic heterocycles. The standard InChI is InChI=1S/C12H15NO4/c1-3-13(8-11(15)17-2)12(16)9-4-6-10(14)7-5-9/h4-7,14H,3,8H2,1-2H3. The highest BCUT2D eigenvalue weighted by molar-refractivity contribution is 5.96. The van der Waals surface area contributed by atoms with E-state index in [1.54, 1.807) is 6.92 Å². The Kier molecular flexibility index (Phi) is 4.51. The summed E-state index contributed by atoms with van der Waals surface area (Å²) >= 11 is 0. The van der Waals surface area contributed by atoms with E-state index in [2.05, 4.69) is 4.74 Å². The number of esters is 1. The molecule has 1 amide bonds. The van der Waals surface area contributed by atoms with Crippen LogP contribution in [0.15, 0.2) is 24.3 Å². The van der Waals surface area contributed by atoms with Crippen LogP contribution in [0.25, 0.3) is 0 Å². The van der Waals surface area contributed by atoms with E-state index < -0.39 is 5.97 Å². The van der Waals surface area contributed by atoms with Crippen LogP contribution >= 0.6 is 0 Å². The molecule has 92 valence electrons. The van der Waals surface area contributed by atoms with E-state index in [0.29, 0.717) is 12.1 Å². The highest BCUT2D eigenvalue weighted by atomic mass is 16.5. The van der Waals surface area contributed by atoms with Gasteiger partial charge in [-0.2, -0.15) is 0 Å². The third-order valence-electron chi connectivity index (χ3n) is 2.33. The van der Waals surface area contributed by atoms with Gasteiger partial charge < -0.3 is 14.7 Å². The van der Waals surface area contributed by atoms with Gasteiger partial charge in [0.1, 0.15) is 12.3 Å². The molecule has 0 radical (unpaired) electrons. The number of hydrogen-bond donors (Lipinski definition) is 1. The largest absolute Gasteiger partial charge is 0.508 e. The minimum Gasteiger partial charge on any atom is -0.508 e. The van der Waals surface area contributed by atoms with E-state index >= 15 is 0 Å². The monoisotopic (exact) mass is 237 g/mol. The van der Waals surface area contributed by atoms with Gasteiger partial charge in [0.05, 0.1) is 7.11 Å². The van der Waals surface area contributed by atoms with Crippen molar-refractivity contribution < 1.29 is 19.4 Å². The summed E-state index contributed by atoms with van der Waals surface area (Å²) < 4.78 is 4.51. The Morgan fingerprint density at radius 2 is 1.88 bits per heavy atom. The average Bonchev–Trinajstić information content (AvgIpc) is 2.35. The number of aromatic hydroxyl groups is 1. The summed E-state index contributed by atoms with van der Waals surface area (Å²) in [4.78, 5) is 24.5. The van der Waals surface area contributed by atoms with Gasteiger partial charge in [0.15, 0.2) is 0 Å². The first-order valence-electron chi connectivity index (χ1n) is 5.23. The van der Waals surface area contributed by atoms with Crippen LogP contribution in [-0.4, -0.2) is 42.1 Å². The molecule has 0 heterocycles. The maximum Gasteiger partial charge on any atom is 0.325 e. The number of amides is 1. The quantitative estimate of drug-likeness (QED) is 0.794. The zero-order valence-corrected chi connectivity index (χ0v) is 9.84. The third kappa shape index (κ3) is 3.48. The number of carbonyl (C=O) groups excluding carboxylic acids is 2. The molecule has 0 aliphatic carbocycles. The van der Waals surface area contributed by atoms with Gasteiger partial charge >= 0.3 is 5.97 Å². The molecule has 1 N–H and O–H groups in total. The van der Waals surface area contributed by atoms with Gasteiger partial charge in [0.25, 0.3) is 5.91 Å². The van der Waals surface area contributed by atoms with E-state index in [4.69, 9.17) is 5.11 Å². The average molecular weight is 237 g/mol. The number of hydrogen-bond acceptors (Lipinski definition) is 4. The molecule has 1 aromatic rings. The number of phenols is 1. The molecular formula is C12H15NO4. The molecule has 0 atom stereocenters. The van der Waals surface area contributed by atoms with Crippen molar-refractivity contribution >= 4 is 11.9 Å². The Morgan fingerprint density at radius 1 is 1.29 bits per heavy atom. The summed E-state index contributed by atoms with van der Waals surface area (Å²) in [5.41, 5.74) is 0.425. The summed E-state index contributed by atoms with van der Waals surface area (Å²) in [5.74, 6) is -0.630. The Bertz CT molecular complexity index is 399. The molecule has 0 saturated carbocycles. The highest BCUT2D eigenvalue weighted by Crippen LogP contribution is 2.11. The van der Waals surface area contributed by atoms with Gasteiger partial charge in [-0.1, -0.05) is 0 Å². The Hall–Kier alpha value is -2.04. The lowest BCUT2D eigenvalue weighted by Gasteiger charge is -2.19. The zero-order chi connectivity index (χ0) is 12.8. The van der Waals surface area contributed by atoms with Crippen molar-refractivity contribution in [2.45, 2.75) is 6.92 Å². The molecule has 0 bridgehead atoms. The van der Waals surface area contributed by atoms with Crippen molar-refractivity contribution in [3.63, 3.8) is 0 Å². The Morgan fingerprint density at radius 3 is 2.35 bits per heavy atom. The van der Waals surface area contributed by atoms with Gasteiger partial charge in [-0.15, -0.1) is 0 Å². The van der Waals surface area contributed by atoms with E-state index in [1.165, 1.54) is 36.3 Å². The molecule has 1 aromatic carbocycles. The van der Waals surface area contributed by atoms with Crippen molar-refractivity contribution in [2.75, 3.05) is 20.2 Å². The van der Waals surface area contributed by atoms with Gasteiger partial charge in [-0.05, 0) is 31.2 Å². The van der Waals surface area contributed by atoms with E-state index in [0.717, 1.165) is 0 Å². The van der Waals surface area contributed by atoms with Crippen LogP contribution in [0.4, 0.5) is 0 Å². The molecule has 17 heavy (non-hydrogen) atoms. The molecular weight excluding hydrogens is 222 g/mol. The van der Waals surface area contributed by atoms with Crippen molar-refractivity contribution in [1.82, 2.24) is 4.90 Å². The molecule has 0 aromatic heterocycles.